The van der Waals surface area contributed by atoms with Crippen LogP contribution >= 0.6 is 0 Å². The summed E-state index contributed by atoms with van der Waals surface area (Å²) < 4.78 is 0. The minimum absolute atomic E-state index is 0.0845. The van der Waals surface area contributed by atoms with E-state index in [1.165, 1.54) is 11.1 Å². The molecular weight excluding hydrogens is 388 g/mol. The highest BCUT2D eigenvalue weighted by Crippen LogP contribution is 2.40. The summed E-state index contributed by atoms with van der Waals surface area (Å²) in [4.78, 5) is 26.4. The third kappa shape index (κ3) is 3.52. The van der Waals surface area contributed by atoms with Crippen molar-refractivity contribution in [3.05, 3.63) is 53.4 Å². The first kappa shape index (κ1) is 19.8. The minimum Gasteiger partial charge on any atom is -0.385 e. The van der Waals surface area contributed by atoms with E-state index in [2.05, 4.69) is 59.8 Å². The molecule has 1 aromatic rings. The highest BCUT2D eigenvalue weighted by Gasteiger charge is 2.42. The molecule has 1 amide bonds. The van der Waals surface area contributed by atoms with Gasteiger partial charge in [-0.1, -0.05) is 31.2 Å². The first-order valence-corrected chi connectivity index (χ1v) is 11.3. The van der Waals surface area contributed by atoms with Crippen LogP contribution in [0, 0.1) is 0 Å². The Labute approximate surface area is 183 Å². The van der Waals surface area contributed by atoms with E-state index in [-0.39, 0.29) is 18.0 Å². The molecule has 1 aromatic heterocycles. The van der Waals surface area contributed by atoms with E-state index in [1.54, 1.807) is 4.90 Å². The van der Waals surface area contributed by atoms with Gasteiger partial charge in [-0.05, 0) is 56.0 Å². The van der Waals surface area contributed by atoms with Gasteiger partial charge >= 0.3 is 0 Å². The van der Waals surface area contributed by atoms with Crippen LogP contribution < -0.4 is 20.4 Å². The molecule has 0 radical (unpaired) electrons. The van der Waals surface area contributed by atoms with Crippen molar-refractivity contribution in [2.45, 2.75) is 57.7 Å². The summed E-state index contributed by atoms with van der Waals surface area (Å²) >= 11 is 0. The van der Waals surface area contributed by atoms with Gasteiger partial charge in [-0.15, -0.1) is 0 Å². The van der Waals surface area contributed by atoms with Crippen molar-refractivity contribution in [1.82, 2.24) is 15.3 Å². The molecule has 4 aliphatic rings. The van der Waals surface area contributed by atoms with Gasteiger partial charge in [0.25, 0.3) is 0 Å². The number of rotatable bonds is 4. The van der Waals surface area contributed by atoms with Gasteiger partial charge in [-0.2, -0.15) is 4.98 Å². The van der Waals surface area contributed by atoms with Gasteiger partial charge in [0.1, 0.15) is 11.7 Å². The number of amides is 1. The second-order valence-electron chi connectivity index (χ2n) is 8.68. The second kappa shape index (κ2) is 7.87. The van der Waals surface area contributed by atoms with Crippen LogP contribution in [-0.4, -0.2) is 47.6 Å². The molecule has 7 nitrogen and oxygen atoms in total. The van der Waals surface area contributed by atoms with Crippen molar-refractivity contribution in [2.24, 2.45) is 0 Å². The lowest BCUT2D eigenvalue weighted by molar-refractivity contribution is -0.119. The molecule has 4 heterocycles. The lowest BCUT2D eigenvalue weighted by Crippen LogP contribution is -2.50. The Morgan fingerprint density at radius 1 is 1.26 bits per heavy atom. The molecule has 31 heavy (non-hydrogen) atoms. The summed E-state index contributed by atoms with van der Waals surface area (Å²) in [5.41, 5.74) is 4.30. The molecule has 3 atom stereocenters. The number of anilines is 3. The number of allylic oxidation sites excluding steroid dienone is 4. The summed E-state index contributed by atoms with van der Waals surface area (Å²) in [5, 5.41) is 6.79. The molecule has 3 aliphatic heterocycles. The van der Waals surface area contributed by atoms with Crippen LogP contribution in [0.2, 0.25) is 0 Å². The molecule has 162 valence electrons. The number of carbonyl (C=O) groups is 1. The lowest BCUT2D eigenvalue weighted by Gasteiger charge is -2.37. The lowest BCUT2D eigenvalue weighted by atomic mass is 9.95. The van der Waals surface area contributed by atoms with Crippen LogP contribution in [0.4, 0.5) is 17.5 Å². The monoisotopic (exact) mass is 418 g/mol. The Morgan fingerprint density at radius 2 is 2.13 bits per heavy atom. The Bertz CT molecular complexity index is 1020. The van der Waals surface area contributed by atoms with Crippen LogP contribution in [0.3, 0.4) is 0 Å². The predicted molar refractivity (Wildman–Crippen MR) is 124 cm³/mol. The number of aromatic nitrogens is 2. The quantitative estimate of drug-likeness (QED) is 0.783. The molecule has 0 saturated carbocycles. The first-order valence-electron chi connectivity index (χ1n) is 11.3. The summed E-state index contributed by atoms with van der Waals surface area (Å²) in [5.74, 6) is 1.70. The van der Waals surface area contributed by atoms with Gasteiger partial charge in [-0.3, -0.25) is 4.79 Å². The van der Waals surface area contributed by atoms with Crippen LogP contribution in [0.25, 0.3) is 0 Å². The van der Waals surface area contributed by atoms with E-state index in [0.29, 0.717) is 12.0 Å². The number of fused-ring (bicyclic) bond motifs is 3. The van der Waals surface area contributed by atoms with E-state index < -0.39 is 0 Å². The molecule has 1 fully saturated rings. The maximum atomic E-state index is 12.8. The molecule has 1 saturated heterocycles. The summed E-state index contributed by atoms with van der Waals surface area (Å²) in [6.45, 7) is 5.11. The smallest absolute Gasteiger partial charge is 0.249 e. The molecule has 5 rings (SSSR count). The van der Waals surface area contributed by atoms with E-state index in [4.69, 9.17) is 9.97 Å². The number of hydrogen-bond donors (Lipinski definition) is 2. The molecule has 0 aromatic carbocycles. The normalized spacial score (nSPS) is 26.8. The highest BCUT2D eigenvalue weighted by atomic mass is 16.2. The average Bonchev–Trinajstić information content (AvgIpc) is 3.28. The number of nitrogens with one attached hydrogen (secondary N) is 2. The number of likely N-dealkylation sites (N-methyl/N-ethyl adjacent to an activating group) is 1. The molecule has 0 bridgehead atoms. The van der Waals surface area contributed by atoms with Gasteiger partial charge in [0, 0.05) is 19.6 Å². The van der Waals surface area contributed by atoms with Crippen molar-refractivity contribution >= 4 is 23.4 Å². The third-order valence-electron chi connectivity index (χ3n) is 6.55. The highest BCUT2D eigenvalue weighted by molar-refractivity contribution is 6.05. The van der Waals surface area contributed by atoms with Crippen LogP contribution in [0.1, 0.15) is 38.8 Å². The topological polar surface area (TPSA) is 73.4 Å². The van der Waals surface area contributed by atoms with Gasteiger partial charge in [0.2, 0.25) is 11.9 Å². The number of carbonyl (C=O) groups excluding carboxylic acids is 1. The fourth-order valence-corrected chi connectivity index (χ4v) is 4.92. The number of aryl methyl sites for hydroxylation is 1. The zero-order valence-electron chi connectivity index (χ0n) is 18.4. The van der Waals surface area contributed by atoms with Gasteiger partial charge < -0.3 is 20.4 Å². The molecule has 2 N–H and O–H groups in total. The Hall–Kier alpha value is -3.09. The number of dihydropyridines is 1. The molecule has 7 heteroatoms. The van der Waals surface area contributed by atoms with Gasteiger partial charge in [-0.25, -0.2) is 4.98 Å². The standard InChI is InChI=1S/C24H30N6O/c1-4-19-21-22(30-13-5-6-20(30)23(31)29(21)3)28-24(27-19)26-18-9-7-16(8-10-18)17-11-12-25-15(2)14-17/h7-9,11-12,14-15,18,20,25H,4-6,10,13H2,1-3H3,(H,26,27,28). The fourth-order valence-electron chi connectivity index (χ4n) is 4.92. The van der Waals surface area contributed by atoms with Crippen LogP contribution in [0.15, 0.2) is 47.7 Å². The van der Waals surface area contributed by atoms with Crippen molar-refractivity contribution < 1.29 is 4.79 Å². The van der Waals surface area contributed by atoms with Crippen molar-refractivity contribution in [3.63, 3.8) is 0 Å². The largest absolute Gasteiger partial charge is 0.385 e. The Kier molecular flexibility index (Phi) is 5.04. The minimum atomic E-state index is -0.0845. The van der Waals surface area contributed by atoms with Crippen molar-refractivity contribution in [2.75, 3.05) is 28.7 Å². The maximum Gasteiger partial charge on any atom is 0.249 e. The summed E-state index contributed by atoms with van der Waals surface area (Å²) in [6, 6.07) is 0.409. The fraction of sp³-hybridized carbons (Fsp3) is 0.458. The van der Waals surface area contributed by atoms with Crippen molar-refractivity contribution in [1.29, 1.82) is 0 Å². The van der Waals surface area contributed by atoms with Crippen molar-refractivity contribution in [3.8, 4) is 0 Å². The van der Waals surface area contributed by atoms with Gasteiger partial charge in [0.05, 0.1) is 11.7 Å². The molecular formula is C24H30N6O. The first-order chi connectivity index (χ1) is 15.0. The zero-order chi connectivity index (χ0) is 21.5. The Balaban J connectivity index is 1.38. The van der Waals surface area contributed by atoms with E-state index in [9.17, 15) is 4.79 Å². The number of nitrogens with zero attached hydrogens (tertiary/aromatic N) is 4. The van der Waals surface area contributed by atoms with Crippen LogP contribution in [-0.2, 0) is 11.2 Å². The SMILES string of the molecule is CCc1nc(NC2C=CC(C3=CC(C)NC=C3)=CC2)nc2c1N(C)C(=O)C1CCCN21. The van der Waals surface area contributed by atoms with Crippen LogP contribution in [0.5, 0.6) is 0 Å². The summed E-state index contributed by atoms with van der Waals surface area (Å²) in [7, 11) is 1.85. The number of hydrogen-bond acceptors (Lipinski definition) is 6. The molecule has 0 spiro atoms. The second-order valence-corrected chi connectivity index (χ2v) is 8.68. The average molecular weight is 419 g/mol. The van der Waals surface area contributed by atoms with E-state index >= 15 is 0 Å². The predicted octanol–water partition coefficient (Wildman–Crippen LogP) is 3.08. The zero-order valence-corrected chi connectivity index (χ0v) is 18.4. The Morgan fingerprint density at radius 3 is 2.87 bits per heavy atom. The molecule has 3 unspecified atom stereocenters. The third-order valence-corrected chi connectivity index (χ3v) is 6.55. The maximum absolute atomic E-state index is 12.8. The molecule has 1 aliphatic carbocycles. The summed E-state index contributed by atoms with van der Waals surface area (Å²) in [6.07, 6.45) is 16.6. The van der Waals surface area contributed by atoms with Gasteiger partial charge in [0.15, 0.2) is 5.82 Å². The van der Waals surface area contributed by atoms with E-state index in [1.807, 2.05) is 13.2 Å². The van der Waals surface area contributed by atoms with E-state index in [0.717, 1.165) is 49.4 Å².